The Morgan fingerprint density at radius 2 is 2.10 bits per heavy atom. The SMILES string of the molecule is CC(C)C1c2n[nH]c(=O)cc2CN1Cc1ccccc1. The average Bonchev–Trinajstić information content (AvgIpc) is 2.76. The van der Waals surface area contributed by atoms with Gasteiger partial charge in [0.1, 0.15) is 0 Å². The van der Waals surface area contributed by atoms with Crippen LogP contribution in [0.15, 0.2) is 41.2 Å². The van der Waals surface area contributed by atoms with Gasteiger partial charge in [-0.15, -0.1) is 0 Å². The van der Waals surface area contributed by atoms with Crippen molar-refractivity contribution in [1.29, 1.82) is 0 Å². The molecule has 2 aromatic rings. The van der Waals surface area contributed by atoms with E-state index in [4.69, 9.17) is 0 Å². The lowest BCUT2D eigenvalue weighted by Crippen LogP contribution is -2.26. The lowest BCUT2D eigenvalue weighted by atomic mass is 10.0. The second-order valence-electron chi connectivity index (χ2n) is 5.72. The number of nitrogens with zero attached hydrogens (tertiary/aromatic N) is 2. The van der Waals surface area contributed by atoms with Crippen molar-refractivity contribution in [2.24, 2.45) is 5.92 Å². The second kappa shape index (κ2) is 5.21. The van der Waals surface area contributed by atoms with Crippen LogP contribution in [0.4, 0.5) is 0 Å². The molecule has 20 heavy (non-hydrogen) atoms. The molecule has 4 nitrogen and oxygen atoms in total. The van der Waals surface area contributed by atoms with Crippen LogP contribution in [-0.2, 0) is 13.1 Å². The molecule has 0 saturated carbocycles. The Morgan fingerprint density at radius 3 is 2.80 bits per heavy atom. The number of aromatic nitrogens is 2. The lowest BCUT2D eigenvalue weighted by Gasteiger charge is -2.27. The first kappa shape index (κ1) is 13.1. The smallest absolute Gasteiger partial charge is 0.264 e. The highest BCUT2D eigenvalue weighted by Crippen LogP contribution is 2.37. The van der Waals surface area contributed by atoms with Crippen molar-refractivity contribution in [3.63, 3.8) is 0 Å². The van der Waals surface area contributed by atoms with Gasteiger partial charge in [-0.25, -0.2) is 5.10 Å². The third-order valence-electron chi connectivity index (χ3n) is 3.83. The minimum absolute atomic E-state index is 0.118. The van der Waals surface area contributed by atoms with Gasteiger partial charge in [0.15, 0.2) is 0 Å². The monoisotopic (exact) mass is 269 g/mol. The number of H-pyrrole nitrogens is 1. The Balaban J connectivity index is 1.91. The Morgan fingerprint density at radius 1 is 1.35 bits per heavy atom. The van der Waals surface area contributed by atoms with Crippen molar-refractivity contribution in [3.05, 3.63) is 63.6 Å². The zero-order valence-corrected chi connectivity index (χ0v) is 11.8. The minimum Gasteiger partial charge on any atom is -0.286 e. The molecule has 1 aromatic heterocycles. The van der Waals surface area contributed by atoms with E-state index in [9.17, 15) is 4.79 Å². The summed E-state index contributed by atoms with van der Waals surface area (Å²) >= 11 is 0. The molecule has 104 valence electrons. The normalized spacial score (nSPS) is 18.4. The van der Waals surface area contributed by atoms with Crippen molar-refractivity contribution in [3.8, 4) is 0 Å². The largest absolute Gasteiger partial charge is 0.286 e. The van der Waals surface area contributed by atoms with Gasteiger partial charge in [0.05, 0.1) is 11.7 Å². The third kappa shape index (κ3) is 2.39. The maximum Gasteiger partial charge on any atom is 0.264 e. The molecule has 2 heterocycles. The van der Waals surface area contributed by atoms with E-state index in [2.05, 4.69) is 53.2 Å². The molecule has 0 fully saturated rings. The summed E-state index contributed by atoms with van der Waals surface area (Å²) in [5, 5.41) is 6.84. The number of nitrogens with one attached hydrogen (secondary N) is 1. The highest BCUT2D eigenvalue weighted by molar-refractivity contribution is 5.27. The standard InChI is InChI=1S/C16H19N3O/c1-11(2)16-15-13(8-14(20)17-18-15)10-19(16)9-12-6-4-3-5-7-12/h3-8,11,16H,9-10H2,1-2H3,(H,17,20). The molecule has 1 unspecified atom stereocenters. The van der Waals surface area contributed by atoms with Crippen LogP contribution >= 0.6 is 0 Å². The highest BCUT2D eigenvalue weighted by atomic mass is 16.1. The van der Waals surface area contributed by atoms with Gasteiger partial charge < -0.3 is 0 Å². The Kier molecular flexibility index (Phi) is 3.40. The van der Waals surface area contributed by atoms with Crippen LogP contribution in [0.2, 0.25) is 0 Å². The van der Waals surface area contributed by atoms with Crippen LogP contribution in [0.25, 0.3) is 0 Å². The van der Waals surface area contributed by atoms with Crippen molar-refractivity contribution < 1.29 is 0 Å². The molecule has 0 spiro atoms. The van der Waals surface area contributed by atoms with Crippen LogP contribution in [0.3, 0.4) is 0 Å². The van der Waals surface area contributed by atoms with E-state index in [0.717, 1.165) is 24.3 Å². The van der Waals surface area contributed by atoms with Gasteiger partial charge in [-0.1, -0.05) is 44.2 Å². The number of benzene rings is 1. The summed E-state index contributed by atoms with van der Waals surface area (Å²) in [6.07, 6.45) is 0. The molecule has 0 saturated heterocycles. The van der Waals surface area contributed by atoms with Gasteiger partial charge in [0.25, 0.3) is 5.56 Å². The zero-order valence-electron chi connectivity index (χ0n) is 11.8. The van der Waals surface area contributed by atoms with Crippen LogP contribution < -0.4 is 5.56 Å². The maximum atomic E-state index is 11.4. The molecular weight excluding hydrogens is 250 g/mol. The molecular formula is C16H19N3O. The molecule has 4 heteroatoms. The van der Waals surface area contributed by atoms with E-state index < -0.39 is 0 Å². The highest BCUT2D eigenvalue weighted by Gasteiger charge is 2.34. The molecule has 1 atom stereocenters. The predicted molar refractivity (Wildman–Crippen MR) is 78.1 cm³/mol. The first-order chi connectivity index (χ1) is 9.65. The summed E-state index contributed by atoms with van der Waals surface area (Å²) in [7, 11) is 0. The molecule has 0 amide bonds. The Bertz CT molecular complexity index is 648. The number of rotatable bonds is 3. The van der Waals surface area contributed by atoms with Crippen LogP contribution in [0.1, 0.15) is 36.7 Å². The third-order valence-corrected chi connectivity index (χ3v) is 3.83. The number of hydrogen-bond donors (Lipinski definition) is 1. The first-order valence-electron chi connectivity index (χ1n) is 7.01. The summed E-state index contributed by atoms with van der Waals surface area (Å²) in [6.45, 7) is 6.08. The van der Waals surface area contributed by atoms with E-state index in [1.54, 1.807) is 6.07 Å². The quantitative estimate of drug-likeness (QED) is 0.931. The van der Waals surface area contributed by atoms with Gasteiger partial charge >= 0.3 is 0 Å². The summed E-state index contributed by atoms with van der Waals surface area (Å²) in [5.74, 6) is 0.457. The van der Waals surface area contributed by atoms with Crippen LogP contribution in [0, 0.1) is 5.92 Å². The van der Waals surface area contributed by atoms with E-state index in [1.165, 1.54) is 5.56 Å². The molecule has 1 aromatic carbocycles. The fraction of sp³-hybridized carbons (Fsp3) is 0.375. The molecule has 1 aliphatic rings. The van der Waals surface area contributed by atoms with Gasteiger partial charge in [-0.3, -0.25) is 9.69 Å². The summed E-state index contributed by atoms with van der Waals surface area (Å²) in [5.41, 5.74) is 3.25. The number of hydrogen-bond acceptors (Lipinski definition) is 3. The average molecular weight is 269 g/mol. The number of aromatic amines is 1. The maximum absolute atomic E-state index is 11.4. The second-order valence-corrected chi connectivity index (χ2v) is 5.72. The van der Waals surface area contributed by atoms with Crippen molar-refractivity contribution in [1.82, 2.24) is 15.1 Å². The summed E-state index contributed by atoms with van der Waals surface area (Å²) in [4.78, 5) is 13.8. The lowest BCUT2D eigenvalue weighted by molar-refractivity contribution is 0.161. The molecule has 0 radical (unpaired) electrons. The van der Waals surface area contributed by atoms with Gasteiger partial charge in [-0.05, 0) is 17.0 Å². The molecule has 0 aliphatic carbocycles. The van der Waals surface area contributed by atoms with Crippen LogP contribution in [-0.4, -0.2) is 15.1 Å². The van der Waals surface area contributed by atoms with E-state index in [1.807, 2.05) is 6.07 Å². The molecule has 3 rings (SSSR count). The van der Waals surface area contributed by atoms with Crippen molar-refractivity contribution in [2.75, 3.05) is 0 Å². The summed E-state index contributed by atoms with van der Waals surface area (Å²) < 4.78 is 0. The fourth-order valence-electron chi connectivity index (χ4n) is 3.03. The van der Waals surface area contributed by atoms with E-state index >= 15 is 0 Å². The summed E-state index contributed by atoms with van der Waals surface area (Å²) in [6, 6.07) is 12.4. The first-order valence-corrected chi connectivity index (χ1v) is 7.01. The van der Waals surface area contributed by atoms with Gasteiger partial charge in [-0.2, -0.15) is 5.10 Å². The van der Waals surface area contributed by atoms with Gasteiger partial charge in [0.2, 0.25) is 0 Å². The topological polar surface area (TPSA) is 49.0 Å². The minimum atomic E-state index is -0.118. The predicted octanol–water partition coefficient (Wildman–Crippen LogP) is 2.48. The Hall–Kier alpha value is -1.94. The molecule has 0 bridgehead atoms. The molecule has 1 N–H and O–H groups in total. The van der Waals surface area contributed by atoms with E-state index in [-0.39, 0.29) is 11.6 Å². The van der Waals surface area contributed by atoms with E-state index in [0.29, 0.717) is 5.92 Å². The number of fused-ring (bicyclic) bond motifs is 1. The van der Waals surface area contributed by atoms with Crippen LogP contribution in [0.5, 0.6) is 0 Å². The van der Waals surface area contributed by atoms with Crippen molar-refractivity contribution in [2.45, 2.75) is 33.0 Å². The fourth-order valence-corrected chi connectivity index (χ4v) is 3.03. The van der Waals surface area contributed by atoms with Gasteiger partial charge in [0, 0.05) is 19.2 Å². The van der Waals surface area contributed by atoms with Crippen molar-refractivity contribution >= 4 is 0 Å². The molecule has 1 aliphatic heterocycles. The Labute approximate surface area is 118 Å². The zero-order chi connectivity index (χ0) is 14.1.